The Morgan fingerprint density at radius 1 is 1.44 bits per heavy atom. The molecular weight excluding hydrogens is 352 g/mol. The van der Waals surface area contributed by atoms with Gasteiger partial charge >= 0.3 is 5.97 Å². The van der Waals surface area contributed by atoms with E-state index in [1.54, 1.807) is 13.8 Å². The van der Waals surface area contributed by atoms with Gasteiger partial charge in [-0.05, 0) is 37.8 Å². The molecule has 1 aliphatic rings. The molecule has 1 fully saturated rings. The Morgan fingerprint density at radius 3 is 2.72 bits per heavy atom. The smallest absolute Gasteiger partial charge is 0.326 e. The Hall–Kier alpha value is -2.88. The first-order valence-electron chi connectivity index (χ1n) is 7.11. The highest BCUT2D eigenvalue weighted by Crippen LogP contribution is 2.34. The summed E-state index contributed by atoms with van der Waals surface area (Å²) >= 11 is 0.570. The number of amides is 2. The molecule has 1 aliphatic heterocycles. The molecule has 0 atom stereocenters. The van der Waals surface area contributed by atoms with Crippen LogP contribution in [0, 0.1) is 10.1 Å². The van der Waals surface area contributed by atoms with Crippen molar-refractivity contribution in [3.8, 4) is 5.75 Å². The number of rotatable bonds is 5. The van der Waals surface area contributed by atoms with Gasteiger partial charge in [-0.25, -0.2) is 0 Å². The quantitative estimate of drug-likeness (QED) is 0.364. The molecule has 10 heteroatoms. The van der Waals surface area contributed by atoms with E-state index in [4.69, 9.17) is 4.74 Å². The lowest BCUT2D eigenvalue weighted by atomic mass is 10.1. The largest absolute Gasteiger partial charge is 0.507 e. The van der Waals surface area contributed by atoms with Gasteiger partial charge in [0.2, 0.25) is 0 Å². The van der Waals surface area contributed by atoms with Crippen molar-refractivity contribution >= 4 is 40.6 Å². The number of aromatic hydroxyl groups is 1. The molecule has 0 aromatic heterocycles. The van der Waals surface area contributed by atoms with Crippen LogP contribution >= 0.6 is 11.8 Å². The van der Waals surface area contributed by atoms with Gasteiger partial charge in [0.1, 0.15) is 12.3 Å². The van der Waals surface area contributed by atoms with Gasteiger partial charge in [0, 0.05) is 17.7 Å². The summed E-state index contributed by atoms with van der Waals surface area (Å²) in [6, 6.07) is 3.31. The maximum Gasteiger partial charge on any atom is 0.326 e. The zero-order chi connectivity index (χ0) is 18.7. The minimum Gasteiger partial charge on any atom is -0.507 e. The summed E-state index contributed by atoms with van der Waals surface area (Å²) in [4.78, 5) is 46.6. The van der Waals surface area contributed by atoms with Crippen molar-refractivity contribution < 1.29 is 29.2 Å². The Bertz CT molecular complexity index is 788. The monoisotopic (exact) mass is 366 g/mol. The van der Waals surface area contributed by atoms with Gasteiger partial charge < -0.3 is 9.84 Å². The van der Waals surface area contributed by atoms with Crippen LogP contribution in [-0.4, -0.2) is 44.7 Å². The number of hydrogen-bond acceptors (Lipinski definition) is 8. The van der Waals surface area contributed by atoms with Crippen molar-refractivity contribution in [1.82, 2.24) is 4.90 Å². The van der Waals surface area contributed by atoms with Gasteiger partial charge in [0.15, 0.2) is 0 Å². The van der Waals surface area contributed by atoms with Crippen LogP contribution in [0.5, 0.6) is 5.75 Å². The van der Waals surface area contributed by atoms with E-state index in [0.717, 1.165) is 23.1 Å². The van der Waals surface area contributed by atoms with Crippen molar-refractivity contribution in [2.24, 2.45) is 0 Å². The van der Waals surface area contributed by atoms with Crippen LogP contribution in [0.15, 0.2) is 23.1 Å². The number of esters is 1. The Kier molecular flexibility index (Phi) is 5.42. The van der Waals surface area contributed by atoms with Crippen molar-refractivity contribution in [1.29, 1.82) is 0 Å². The van der Waals surface area contributed by atoms with E-state index >= 15 is 0 Å². The number of non-ortho nitro benzene ring substituents is 1. The van der Waals surface area contributed by atoms with E-state index in [1.807, 2.05) is 0 Å². The Labute approximate surface area is 146 Å². The number of imide groups is 1. The fourth-order valence-corrected chi connectivity index (χ4v) is 2.81. The minimum absolute atomic E-state index is 0.0180. The predicted octanol–water partition coefficient (Wildman–Crippen LogP) is 2.29. The first kappa shape index (κ1) is 18.5. The van der Waals surface area contributed by atoms with E-state index < -0.39 is 28.6 Å². The summed E-state index contributed by atoms with van der Waals surface area (Å²) in [6.07, 6.45) is 0.783. The van der Waals surface area contributed by atoms with Crippen molar-refractivity contribution in [3.63, 3.8) is 0 Å². The third-order valence-electron chi connectivity index (χ3n) is 3.04. The molecule has 132 valence electrons. The first-order chi connectivity index (χ1) is 11.7. The normalized spacial score (nSPS) is 16.0. The number of hydrogen-bond donors (Lipinski definition) is 1. The number of nitro groups is 1. The Balaban J connectivity index is 2.24. The maximum atomic E-state index is 12.3. The summed E-state index contributed by atoms with van der Waals surface area (Å²) in [5.41, 5.74) is -0.256. The van der Waals surface area contributed by atoms with Crippen LogP contribution in [0.1, 0.15) is 19.4 Å². The van der Waals surface area contributed by atoms with Gasteiger partial charge in [0.05, 0.1) is 15.9 Å². The van der Waals surface area contributed by atoms with Crippen LogP contribution in [0.4, 0.5) is 10.5 Å². The van der Waals surface area contributed by atoms with Crippen LogP contribution in [0.2, 0.25) is 0 Å². The van der Waals surface area contributed by atoms with E-state index in [2.05, 4.69) is 0 Å². The fraction of sp³-hybridized carbons (Fsp3) is 0.267. The molecule has 0 unspecified atom stereocenters. The third-order valence-corrected chi connectivity index (χ3v) is 3.94. The van der Waals surface area contributed by atoms with Gasteiger partial charge in [0.25, 0.3) is 16.8 Å². The molecule has 1 N–H and O–H groups in total. The number of carbonyl (C=O) groups excluding carboxylic acids is 3. The van der Waals surface area contributed by atoms with E-state index in [0.29, 0.717) is 11.8 Å². The van der Waals surface area contributed by atoms with Crippen LogP contribution in [0.25, 0.3) is 6.08 Å². The highest BCUT2D eigenvalue weighted by atomic mass is 32.2. The molecule has 2 amide bonds. The number of benzene rings is 1. The summed E-state index contributed by atoms with van der Waals surface area (Å²) in [6.45, 7) is 2.74. The molecule has 25 heavy (non-hydrogen) atoms. The SMILES string of the molecule is CC(C)OC(=O)CN1C(=O)S/C(=C\c2cc([N+](=O)[O-])ccc2O)C1=O. The standard InChI is InChI=1S/C15H14N2O7S/c1-8(2)24-13(19)7-16-14(20)12(25-15(16)21)6-9-5-10(17(22)23)3-4-11(9)18/h3-6,8,18H,7H2,1-2H3/b12-6-. The lowest BCUT2D eigenvalue weighted by molar-refractivity contribution is -0.384. The van der Waals surface area contributed by atoms with E-state index in [1.165, 1.54) is 6.08 Å². The number of carbonyl (C=O) groups is 3. The van der Waals surface area contributed by atoms with E-state index in [9.17, 15) is 29.6 Å². The molecule has 0 bridgehead atoms. The van der Waals surface area contributed by atoms with Crippen LogP contribution < -0.4 is 0 Å². The highest BCUT2D eigenvalue weighted by Gasteiger charge is 2.37. The molecule has 1 saturated heterocycles. The topological polar surface area (TPSA) is 127 Å². The molecule has 0 spiro atoms. The maximum absolute atomic E-state index is 12.3. The number of phenolic OH excluding ortho intramolecular Hbond substituents is 1. The minimum atomic E-state index is -0.735. The molecule has 1 aromatic rings. The predicted molar refractivity (Wildman–Crippen MR) is 88.7 cm³/mol. The van der Waals surface area contributed by atoms with Crippen LogP contribution in [-0.2, 0) is 14.3 Å². The number of nitrogens with zero attached hydrogens (tertiary/aromatic N) is 2. The van der Waals surface area contributed by atoms with Crippen molar-refractivity contribution in [2.45, 2.75) is 20.0 Å². The zero-order valence-corrected chi connectivity index (χ0v) is 14.1. The van der Waals surface area contributed by atoms with Gasteiger partial charge in [-0.15, -0.1) is 0 Å². The second kappa shape index (κ2) is 7.34. The average Bonchev–Trinajstić information content (AvgIpc) is 2.76. The summed E-state index contributed by atoms with van der Waals surface area (Å²) < 4.78 is 4.89. The van der Waals surface area contributed by atoms with Crippen molar-refractivity contribution in [3.05, 3.63) is 38.8 Å². The molecule has 0 saturated carbocycles. The molecule has 1 heterocycles. The zero-order valence-electron chi connectivity index (χ0n) is 13.3. The highest BCUT2D eigenvalue weighted by molar-refractivity contribution is 8.18. The summed E-state index contributed by atoms with van der Waals surface area (Å²) in [7, 11) is 0. The number of ether oxygens (including phenoxy) is 1. The van der Waals surface area contributed by atoms with Gasteiger partial charge in [-0.3, -0.25) is 29.4 Å². The van der Waals surface area contributed by atoms with Crippen molar-refractivity contribution in [2.75, 3.05) is 6.54 Å². The number of thioether (sulfide) groups is 1. The second-order valence-electron chi connectivity index (χ2n) is 5.31. The molecular formula is C15H14N2O7S. The van der Waals surface area contributed by atoms with Gasteiger partial charge in [-0.1, -0.05) is 0 Å². The molecule has 0 radical (unpaired) electrons. The molecule has 0 aliphatic carbocycles. The third kappa shape index (κ3) is 4.35. The van der Waals surface area contributed by atoms with Gasteiger partial charge in [-0.2, -0.15) is 0 Å². The molecule has 1 aromatic carbocycles. The number of nitro benzene ring substituents is 1. The van der Waals surface area contributed by atoms with E-state index in [-0.39, 0.29) is 28.0 Å². The summed E-state index contributed by atoms with van der Waals surface area (Å²) in [5.74, 6) is -1.74. The average molecular weight is 366 g/mol. The summed E-state index contributed by atoms with van der Waals surface area (Å²) in [5, 5.41) is 19.9. The molecule has 2 rings (SSSR count). The first-order valence-corrected chi connectivity index (χ1v) is 7.93. The molecule has 9 nitrogen and oxygen atoms in total. The number of phenols is 1. The second-order valence-corrected chi connectivity index (χ2v) is 6.30. The lowest BCUT2D eigenvalue weighted by Crippen LogP contribution is -2.35. The Morgan fingerprint density at radius 2 is 2.12 bits per heavy atom. The van der Waals surface area contributed by atoms with Crippen LogP contribution in [0.3, 0.4) is 0 Å². The lowest BCUT2D eigenvalue weighted by Gasteiger charge is -2.13. The fourth-order valence-electron chi connectivity index (χ4n) is 1.98.